The largest absolute Gasteiger partial charge is 0.329 e. The standard InChI is InChI=1S/C14H13FN2S/c15-10-4-5-11-12(8-10)18-13(17-11)14(9-16)6-2-1-3-7-14/h1-6,8H,7,9,16H2/t14-/m1/s1. The van der Waals surface area contributed by atoms with Crippen LogP contribution in [-0.2, 0) is 5.41 Å². The van der Waals surface area contributed by atoms with Crippen LogP contribution in [0.3, 0.4) is 0 Å². The summed E-state index contributed by atoms with van der Waals surface area (Å²) in [7, 11) is 0. The van der Waals surface area contributed by atoms with Crippen LogP contribution >= 0.6 is 11.3 Å². The van der Waals surface area contributed by atoms with Gasteiger partial charge in [0, 0.05) is 6.54 Å². The zero-order valence-corrected chi connectivity index (χ0v) is 10.6. The molecule has 1 aliphatic rings. The molecule has 0 unspecified atom stereocenters. The summed E-state index contributed by atoms with van der Waals surface area (Å²) in [5.41, 5.74) is 6.54. The molecule has 4 heteroatoms. The lowest BCUT2D eigenvalue weighted by molar-refractivity contribution is 0.547. The van der Waals surface area contributed by atoms with Crippen molar-refractivity contribution in [2.24, 2.45) is 5.73 Å². The lowest BCUT2D eigenvalue weighted by Crippen LogP contribution is -2.33. The molecule has 2 nitrogen and oxygen atoms in total. The first-order valence-corrected chi connectivity index (χ1v) is 6.66. The van der Waals surface area contributed by atoms with Crippen molar-refractivity contribution in [3.8, 4) is 0 Å². The zero-order chi connectivity index (χ0) is 12.6. The molecule has 18 heavy (non-hydrogen) atoms. The Hall–Kier alpha value is -1.52. The van der Waals surface area contributed by atoms with Crippen molar-refractivity contribution in [2.75, 3.05) is 6.54 Å². The first-order chi connectivity index (χ1) is 8.73. The summed E-state index contributed by atoms with van der Waals surface area (Å²) in [5.74, 6) is -0.224. The molecule has 3 rings (SSSR count). The molecule has 1 aromatic heterocycles. The van der Waals surface area contributed by atoms with Crippen LogP contribution in [0.5, 0.6) is 0 Å². The molecule has 0 saturated heterocycles. The van der Waals surface area contributed by atoms with E-state index >= 15 is 0 Å². The van der Waals surface area contributed by atoms with E-state index in [9.17, 15) is 4.39 Å². The highest BCUT2D eigenvalue weighted by molar-refractivity contribution is 7.18. The number of hydrogen-bond donors (Lipinski definition) is 1. The molecule has 0 fully saturated rings. The third kappa shape index (κ3) is 1.78. The Kier molecular flexibility index (Phi) is 2.76. The predicted molar refractivity (Wildman–Crippen MR) is 73.2 cm³/mol. The van der Waals surface area contributed by atoms with E-state index in [1.807, 2.05) is 12.2 Å². The lowest BCUT2D eigenvalue weighted by Gasteiger charge is -2.27. The normalized spacial score (nSPS) is 22.8. The Morgan fingerprint density at radius 1 is 1.39 bits per heavy atom. The van der Waals surface area contributed by atoms with E-state index in [4.69, 9.17) is 5.73 Å². The van der Waals surface area contributed by atoms with Crippen LogP contribution < -0.4 is 5.73 Å². The smallest absolute Gasteiger partial charge is 0.124 e. The van der Waals surface area contributed by atoms with Gasteiger partial charge in [0.05, 0.1) is 15.6 Å². The highest BCUT2D eigenvalue weighted by Crippen LogP contribution is 2.36. The molecule has 1 heterocycles. The second-order valence-corrected chi connectivity index (χ2v) is 5.51. The maximum absolute atomic E-state index is 13.2. The number of thiazole rings is 1. The molecule has 0 bridgehead atoms. The number of nitrogens with zero attached hydrogens (tertiary/aromatic N) is 1. The first-order valence-electron chi connectivity index (χ1n) is 5.84. The van der Waals surface area contributed by atoms with Gasteiger partial charge in [-0.15, -0.1) is 11.3 Å². The van der Waals surface area contributed by atoms with E-state index in [0.717, 1.165) is 21.6 Å². The first kappa shape index (κ1) is 11.6. The van der Waals surface area contributed by atoms with Gasteiger partial charge in [-0.05, 0) is 24.6 Å². The highest BCUT2D eigenvalue weighted by Gasteiger charge is 2.31. The molecule has 0 spiro atoms. The summed E-state index contributed by atoms with van der Waals surface area (Å²) in [6.45, 7) is 0.510. The van der Waals surface area contributed by atoms with E-state index in [1.54, 1.807) is 6.07 Å². The third-order valence-corrected chi connectivity index (χ3v) is 4.52. The molecule has 92 valence electrons. The number of hydrogen-bond acceptors (Lipinski definition) is 3. The van der Waals surface area contributed by atoms with Gasteiger partial charge in [0.1, 0.15) is 10.8 Å². The van der Waals surface area contributed by atoms with Crippen LogP contribution in [0.25, 0.3) is 10.2 Å². The molecule has 0 aliphatic heterocycles. The molecule has 2 N–H and O–H groups in total. The van der Waals surface area contributed by atoms with Gasteiger partial charge in [0.25, 0.3) is 0 Å². The average molecular weight is 260 g/mol. The van der Waals surface area contributed by atoms with E-state index in [-0.39, 0.29) is 11.2 Å². The van der Waals surface area contributed by atoms with Gasteiger partial charge in [-0.25, -0.2) is 9.37 Å². The minimum Gasteiger partial charge on any atom is -0.329 e. The zero-order valence-electron chi connectivity index (χ0n) is 9.77. The fourth-order valence-corrected chi connectivity index (χ4v) is 3.35. The molecule has 1 aromatic carbocycles. The van der Waals surface area contributed by atoms with Crippen molar-refractivity contribution in [3.63, 3.8) is 0 Å². The van der Waals surface area contributed by atoms with Crippen molar-refractivity contribution >= 4 is 21.6 Å². The Labute approximate surface area is 109 Å². The van der Waals surface area contributed by atoms with Crippen LogP contribution in [0, 0.1) is 5.82 Å². The topological polar surface area (TPSA) is 38.9 Å². The van der Waals surface area contributed by atoms with E-state index in [2.05, 4.69) is 17.1 Å². The average Bonchev–Trinajstić information content (AvgIpc) is 2.83. The third-order valence-electron chi connectivity index (χ3n) is 3.29. The fourth-order valence-electron chi connectivity index (χ4n) is 2.17. The van der Waals surface area contributed by atoms with Gasteiger partial charge in [-0.2, -0.15) is 0 Å². The number of allylic oxidation sites excluding steroid dienone is 3. The van der Waals surface area contributed by atoms with Gasteiger partial charge < -0.3 is 5.73 Å². The van der Waals surface area contributed by atoms with E-state index in [1.165, 1.54) is 23.5 Å². The quantitative estimate of drug-likeness (QED) is 0.901. The van der Waals surface area contributed by atoms with Crippen LogP contribution in [0.4, 0.5) is 4.39 Å². The number of benzene rings is 1. The molecule has 0 saturated carbocycles. The van der Waals surface area contributed by atoms with Crippen molar-refractivity contribution in [1.82, 2.24) is 4.98 Å². The number of rotatable bonds is 2. The monoisotopic (exact) mass is 260 g/mol. The minimum atomic E-state index is -0.227. The lowest BCUT2D eigenvalue weighted by atomic mass is 9.82. The number of halogens is 1. The van der Waals surface area contributed by atoms with Gasteiger partial charge in [-0.3, -0.25) is 0 Å². The summed E-state index contributed by atoms with van der Waals surface area (Å²) in [6, 6.07) is 4.69. The SMILES string of the molecule is NC[C@@]1(c2nc3ccc(F)cc3s2)C=CC=CC1. The molecule has 1 atom stereocenters. The summed E-state index contributed by atoms with van der Waals surface area (Å²) in [6.07, 6.45) is 9.06. The van der Waals surface area contributed by atoms with Crippen molar-refractivity contribution in [2.45, 2.75) is 11.8 Å². The summed E-state index contributed by atoms with van der Waals surface area (Å²) >= 11 is 1.53. The number of nitrogens with two attached hydrogens (primary N) is 1. The van der Waals surface area contributed by atoms with Crippen molar-refractivity contribution in [1.29, 1.82) is 0 Å². The van der Waals surface area contributed by atoms with Gasteiger partial charge in [0.15, 0.2) is 0 Å². The Morgan fingerprint density at radius 3 is 3.00 bits per heavy atom. The van der Waals surface area contributed by atoms with Crippen molar-refractivity contribution in [3.05, 3.63) is 53.3 Å². The van der Waals surface area contributed by atoms with Crippen LogP contribution in [0.2, 0.25) is 0 Å². The number of aromatic nitrogens is 1. The maximum atomic E-state index is 13.2. The summed E-state index contributed by atoms with van der Waals surface area (Å²) in [4.78, 5) is 4.61. The Balaban J connectivity index is 2.13. The molecular formula is C14H13FN2S. The van der Waals surface area contributed by atoms with Crippen molar-refractivity contribution < 1.29 is 4.39 Å². The molecule has 0 radical (unpaired) electrons. The van der Waals surface area contributed by atoms with Gasteiger partial charge >= 0.3 is 0 Å². The second-order valence-electron chi connectivity index (χ2n) is 4.48. The second kappa shape index (κ2) is 4.30. The number of fused-ring (bicyclic) bond motifs is 1. The molecule has 2 aromatic rings. The molecule has 1 aliphatic carbocycles. The van der Waals surface area contributed by atoms with Crippen LogP contribution in [0.15, 0.2) is 42.5 Å². The summed E-state index contributed by atoms with van der Waals surface area (Å²) < 4.78 is 14.1. The van der Waals surface area contributed by atoms with Gasteiger partial charge in [0.2, 0.25) is 0 Å². The minimum absolute atomic E-state index is 0.224. The van der Waals surface area contributed by atoms with Crippen LogP contribution in [0.1, 0.15) is 11.4 Å². The van der Waals surface area contributed by atoms with Gasteiger partial charge in [-0.1, -0.05) is 24.3 Å². The van der Waals surface area contributed by atoms with E-state index in [0.29, 0.717) is 6.54 Å². The maximum Gasteiger partial charge on any atom is 0.124 e. The van der Waals surface area contributed by atoms with Crippen LogP contribution in [-0.4, -0.2) is 11.5 Å². The van der Waals surface area contributed by atoms with E-state index < -0.39 is 0 Å². The Morgan fingerprint density at radius 2 is 2.28 bits per heavy atom. The predicted octanol–water partition coefficient (Wildman–Crippen LogP) is 3.15. The fraction of sp³-hybridized carbons (Fsp3) is 0.214. The Bertz CT molecular complexity index is 644. The summed E-state index contributed by atoms with van der Waals surface area (Å²) in [5, 5.41) is 0.964. The highest BCUT2D eigenvalue weighted by atomic mass is 32.1. The molecular weight excluding hydrogens is 247 g/mol. The molecule has 0 amide bonds.